The minimum absolute atomic E-state index is 0.109. The third kappa shape index (κ3) is 4.46. The largest absolute Gasteiger partial charge is 0.481 e. The Morgan fingerprint density at radius 2 is 1.24 bits per heavy atom. The van der Waals surface area contributed by atoms with Gasteiger partial charge >= 0.3 is 5.97 Å². The number of hydrogen-bond donors (Lipinski definition) is 1. The summed E-state index contributed by atoms with van der Waals surface area (Å²) < 4.78 is 0. The van der Waals surface area contributed by atoms with E-state index in [1.165, 1.54) is 11.1 Å². The van der Waals surface area contributed by atoms with Gasteiger partial charge in [-0.25, -0.2) is 0 Å². The lowest BCUT2D eigenvalue weighted by atomic mass is 9.89. The Labute approximate surface area is 199 Å². The Balaban J connectivity index is 1.59. The van der Waals surface area contributed by atoms with Gasteiger partial charge in [-0.1, -0.05) is 109 Å². The molecule has 1 aliphatic rings. The van der Waals surface area contributed by atoms with Crippen molar-refractivity contribution in [3.05, 3.63) is 131 Å². The van der Waals surface area contributed by atoms with Gasteiger partial charge in [0.2, 0.25) is 0 Å². The van der Waals surface area contributed by atoms with Crippen molar-refractivity contribution in [3.8, 4) is 11.1 Å². The average Bonchev–Trinajstić information content (AvgIpc) is 3.34. The Morgan fingerprint density at radius 1 is 0.676 bits per heavy atom. The van der Waals surface area contributed by atoms with Gasteiger partial charge < -0.3 is 5.11 Å². The number of nitrogens with zero attached hydrogens (tertiary/aromatic N) is 1. The fourth-order valence-electron chi connectivity index (χ4n) is 4.57. The minimum Gasteiger partial charge on any atom is -0.481 e. The number of hydrogen-bond acceptors (Lipinski definition) is 2. The molecule has 0 atom stereocenters. The van der Waals surface area contributed by atoms with E-state index in [1.54, 1.807) is 0 Å². The summed E-state index contributed by atoms with van der Waals surface area (Å²) in [4.78, 5) is 16.4. The van der Waals surface area contributed by atoms with Crippen LogP contribution in [0.25, 0.3) is 22.4 Å². The second-order valence-electron chi connectivity index (χ2n) is 8.39. The lowest BCUT2D eigenvalue weighted by Gasteiger charge is -2.14. The van der Waals surface area contributed by atoms with Gasteiger partial charge in [-0.05, 0) is 34.2 Å². The summed E-state index contributed by atoms with van der Waals surface area (Å²) in [5, 5.41) is 9.21. The van der Waals surface area contributed by atoms with Crippen molar-refractivity contribution >= 4 is 23.0 Å². The summed E-state index contributed by atoms with van der Waals surface area (Å²) in [7, 11) is 0. The zero-order chi connectivity index (χ0) is 23.3. The maximum absolute atomic E-state index is 11.2. The molecule has 0 saturated heterocycles. The molecule has 1 aliphatic heterocycles. The van der Waals surface area contributed by atoms with E-state index in [0.717, 1.165) is 45.6 Å². The minimum atomic E-state index is -0.785. The predicted octanol–water partition coefficient (Wildman–Crippen LogP) is 7.13. The van der Waals surface area contributed by atoms with Crippen molar-refractivity contribution < 1.29 is 9.90 Å². The molecule has 3 nitrogen and oxygen atoms in total. The van der Waals surface area contributed by atoms with Crippen molar-refractivity contribution in [2.45, 2.75) is 19.3 Å². The van der Waals surface area contributed by atoms with Crippen molar-refractivity contribution in [3.63, 3.8) is 0 Å². The van der Waals surface area contributed by atoms with Crippen LogP contribution in [-0.4, -0.2) is 16.8 Å². The molecule has 1 N–H and O–H groups in total. The number of aliphatic carboxylic acids is 1. The van der Waals surface area contributed by atoms with Gasteiger partial charge in [0.15, 0.2) is 0 Å². The van der Waals surface area contributed by atoms with E-state index in [2.05, 4.69) is 54.6 Å². The van der Waals surface area contributed by atoms with Gasteiger partial charge in [-0.3, -0.25) is 9.79 Å². The number of carboxylic acid groups (broad SMARTS) is 1. The molecule has 0 aliphatic carbocycles. The fourth-order valence-corrected chi connectivity index (χ4v) is 4.57. The summed E-state index contributed by atoms with van der Waals surface area (Å²) in [6.07, 6.45) is 1.34. The molecule has 0 saturated carbocycles. The number of carboxylic acids is 1. The lowest BCUT2D eigenvalue weighted by Crippen LogP contribution is -2.03. The second kappa shape index (κ2) is 9.72. The summed E-state index contributed by atoms with van der Waals surface area (Å²) in [5.41, 5.74) is 9.82. The third-order valence-electron chi connectivity index (χ3n) is 6.20. The predicted molar refractivity (Wildman–Crippen MR) is 139 cm³/mol. The highest BCUT2D eigenvalue weighted by Gasteiger charge is 2.24. The van der Waals surface area contributed by atoms with Crippen LogP contribution in [0.3, 0.4) is 0 Å². The van der Waals surface area contributed by atoms with Crippen LogP contribution in [0, 0.1) is 0 Å². The molecule has 0 spiro atoms. The summed E-state index contributed by atoms with van der Waals surface area (Å²) >= 11 is 0. The fraction of sp³-hybridized carbons (Fsp3) is 0.0968. The quantitative estimate of drug-likeness (QED) is 0.330. The van der Waals surface area contributed by atoms with Crippen LogP contribution in [0.4, 0.5) is 0 Å². The number of aryl methyl sites for hydroxylation is 1. The molecule has 5 rings (SSSR count). The Hall–Kier alpha value is -4.24. The molecule has 0 bridgehead atoms. The molecule has 34 heavy (non-hydrogen) atoms. The van der Waals surface area contributed by atoms with E-state index in [1.807, 2.05) is 54.6 Å². The number of rotatable bonds is 7. The highest BCUT2D eigenvalue weighted by Crippen LogP contribution is 2.39. The Morgan fingerprint density at radius 3 is 1.91 bits per heavy atom. The van der Waals surface area contributed by atoms with Gasteiger partial charge in [0, 0.05) is 24.0 Å². The molecule has 0 radical (unpaired) electrons. The molecule has 1 heterocycles. The SMILES string of the molecule is O=C(O)CCc1ccccc1-c1ccccc1C1=NC(c2ccccc2)=C(c2ccccc2)C1. The van der Waals surface area contributed by atoms with E-state index in [4.69, 9.17) is 4.99 Å². The van der Waals surface area contributed by atoms with Crippen LogP contribution in [0.1, 0.15) is 35.1 Å². The highest BCUT2D eigenvalue weighted by molar-refractivity contribution is 6.19. The molecule has 4 aromatic rings. The van der Waals surface area contributed by atoms with Gasteiger partial charge in [0.1, 0.15) is 0 Å². The highest BCUT2D eigenvalue weighted by atomic mass is 16.4. The normalized spacial score (nSPS) is 13.1. The lowest BCUT2D eigenvalue weighted by molar-refractivity contribution is -0.136. The van der Waals surface area contributed by atoms with Crippen LogP contribution in [0.2, 0.25) is 0 Å². The van der Waals surface area contributed by atoms with Crippen LogP contribution < -0.4 is 0 Å². The first kappa shape index (κ1) is 21.6. The second-order valence-corrected chi connectivity index (χ2v) is 8.39. The smallest absolute Gasteiger partial charge is 0.303 e. The zero-order valence-corrected chi connectivity index (χ0v) is 18.8. The molecular weight excluding hydrogens is 418 g/mol. The molecule has 0 fully saturated rings. The number of allylic oxidation sites excluding steroid dienone is 1. The van der Waals surface area contributed by atoms with E-state index in [-0.39, 0.29) is 6.42 Å². The molecule has 3 heteroatoms. The van der Waals surface area contributed by atoms with Crippen LogP contribution in [-0.2, 0) is 11.2 Å². The van der Waals surface area contributed by atoms with E-state index < -0.39 is 5.97 Å². The summed E-state index contributed by atoms with van der Waals surface area (Å²) in [6, 6.07) is 37.2. The first-order chi connectivity index (χ1) is 16.7. The van der Waals surface area contributed by atoms with Gasteiger partial charge in [-0.15, -0.1) is 0 Å². The topological polar surface area (TPSA) is 49.7 Å². The average molecular weight is 444 g/mol. The molecule has 0 amide bonds. The van der Waals surface area contributed by atoms with Crippen molar-refractivity contribution in [1.29, 1.82) is 0 Å². The summed E-state index contributed by atoms with van der Waals surface area (Å²) in [5.74, 6) is -0.785. The number of aliphatic imine (C=N–C) groups is 1. The van der Waals surface area contributed by atoms with Gasteiger partial charge in [-0.2, -0.15) is 0 Å². The Kier molecular flexibility index (Phi) is 6.17. The van der Waals surface area contributed by atoms with Crippen molar-refractivity contribution in [2.24, 2.45) is 4.99 Å². The molecule has 0 aromatic heterocycles. The molecule has 166 valence electrons. The molecular formula is C31H25NO2. The third-order valence-corrected chi connectivity index (χ3v) is 6.20. The summed E-state index contributed by atoms with van der Waals surface area (Å²) in [6.45, 7) is 0. The van der Waals surface area contributed by atoms with Crippen LogP contribution in [0.5, 0.6) is 0 Å². The van der Waals surface area contributed by atoms with Gasteiger partial charge in [0.05, 0.1) is 11.4 Å². The first-order valence-electron chi connectivity index (χ1n) is 11.5. The van der Waals surface area contributed by atoms with E-state index in [9.17, 15) is 9.90 Å². The number of benzene rings is 4. The first-order valence-corrected chi connectivity index (χ1v) is 11.5. The van der Waals surface area contributed by atoms with E-state index >= 15 is 0 Å². The standard InChI is InChI=1S/C31H25NO2/c33-30(34)20-19-23-13-7-8-16-25(23)26-17-9-10-18-27(26)29-21-28(22-11-3-1-4-12-22)31(32-29)24-14-5-2-6-15-24/h1-18H,19-21H2,(H,33,34). The van der Waals surface area contributed by atoms with Crippen molar-refractivity contribution in [2.75, 3.05) is 0 Å². The van der Waals surface area contributed by atoms with Crippen LogP contribution >= 0.6 is 0 Å². The Bertz CT molecular complexity index is 1390. The molecule has 4 aromatic carbocycles. The monoisotopic (exact) mass is 443 g/mol. The van der Waals surface area contributed by atoms with Gasteiger partial charge in [0.25, 0.3) is 0 Å². The zero-order valence-electron chi connectivity index (χ0n) is 18.8. The van der Waals surface area contributed by atoms with Crippen molar-refractivity contribution in [1.82, 2.24) is 0 Å². The maximum Gasteiger partial charge on any atom is 0.303 e. The van der Waals surface area contributed by atoms with Crippen LogP contribution in [0.15, 0.2) is 114 Å². The maximum atomic E-state index is 11.2. The molecule has 0 unspecified atom stereocenters. The van der Waals surface area contributed by atoms with E-state index in [0.29, 0.717) is 6.42 Å². The number of carbonyl (C=O) groups is 1.